The molecule has 5 atom stereocenters. The highest BCUT2D eigenvalue weighted by Crippen LogP contribution is 2.32. The molecule has 31 heavy (non-hydrogen) atoms. The summed E-state index contributed by atoms with van der Waals surface area (Å²) in [6, 6.07) is 4.25. The first kappa shape index (κ1) is 20.1. The lowest BCUT2D eigenvalue weighted by molar-refractivity contribution is -0.0511. The van der Waals surface area contributed by atoms with Crippen molar-refractivity contribution in [2.24, 2.45) is 0 Å². The van der Waals surface area contributed by atoms with E-state index in [1.807, 2.05) is 19.2 Å². The summed E-state index contributed by atoms with van der Waals surface area (Å²) in [5.74, 6) is 1.55. The van der Waals surface area contributed by atoms with Crippen molar-refractivity contribution in [3.8, 4) is 0 Å². The molecule has 0 aliphatic carbocycles. The lowest BCUT2D eigenvalue weighted by atomic mass is 10.1. The van der Waals surface area contributed by atoms with Gasteiger partial charge in [0.05, 0.1) is 12.9 Å². The molecule has 3 aromatic rings. The van der Waals surface area contributed by atoms with Crippen LogP contribution in [0.25, 0.3) is 11.2 Å². The largest absolute Gasteiger partial charge is 0.394 e. The summed E-state index contributed by atoms with van der Waals surface area (Å²) < 4.78 is 7.17. The third kappa shape index (κ3) is 3.59. The zero-order valence-corrected chi connectivity index (χ0v) is 17.0. The van der Waals surface area contributed by atoms with Gasteiger partial charge in [-0.1, -0.05) is 6.07 Å². The fourth-order valence-corrected chi connectivity index (χ4v) is 4.18. The van der Waals surface area contributed by atoms with E-state index < -0.39 is 31.1 Å². The Balaban J connectivity index is 1.34. The average molecular weight is 427 g/mol. The van der Waals surface area contributed by atoms with Crippen LogP contribution in [-0.4, -0.2) is 83.9 Å². The van der Waals surface area contributed by atoms with E-state index in [0.29, 0.717) is 17.0 Å². The number of nitrogens with zero attached hydrogens (tertiary/aromatic N) is 6. The number of fused-ring (bicyclic) bond motifs is 1. The molecule has 2 aliphatic rings. The highest BCUT2D eigenvalue weighted by atomic mass is 16.6. The Bertz CT molecular complexity index is 1060. The molecule has 4 N–H and O–H groups in total. The maximum atomic E-state index is 10.3. The van der Waals surface area contributed by atoms with Gasteiger partial charge in [-0.05, 0) is 25.0 Å². The van der Waals surface area contributed by atoms with E-state index >= 15 is 0 Å². The number of aromatic nitrogens is 5. The van der Waals surface area contributed by atoms with Crippen LogP contribution in [0, 0.1) is 6.92 Å². The van der Waals surface area contributed by atoms with E-state index in [2.05, 4.69) is 36.2 Å². The van der Waals surface area contributed by atoms with Gasteiger partial charge in [-0.15, -0.1) is 0 Å². The molecule has 164 valence electrons. The Labute approximate surface area is 178 Å². The van der Waals surface area contributed by atoms with Crippen LogP contribution in [0.4, 0.5) is 11.6 Å². The summed E-state index contributed by atoms with van der Waals surface area (Å²) >= 11 is 0. The fraction of sp³-hybridized carbons (Fsp3) is 0.500. The van der Waals surface area contributed by atoms with E-state index in [1.165, 1.54) is 12.7 Å². The molecular weight excluding hydrogens is 402 g/mol. The van der Waals surface area contributed by atoms with Crippen LogP contribution in [0.2, 0.25) is 0 Å². The molecule has 0 unspecified atom stereocenters. The van der Waals surface area contributed by atoms with Gasteiger partial charge in [0.15, 0.2) is 23.2 Å². The molecular formula is C20H25N7O4. The number of rotatable bonds is 5. The maximum absolute atomic E-state index is 10.3. The number of aliphatic hydroxyl groups excluding tert-OH is 3. The number of nitrogens with one attached hydrogen (secondary N) is 1. The van der Waals surface area contributed by atoms with Crippen LogP contribution < -0.4 is 10.2 Å². The lowest BCUT2D eigenvalue weighted by Gasteiger charge is -2.18. The quantitative estimate of drug-likeness (QED) is 0.434. The van der Waals surface area contributed by atoms with Crippen LogP contribution in [0.15, 0.2) is 31.0 Å². The summed E-state index contributed by atoms with van der Waals surface area (Å²) in [6.45, 7) is 3.30. The van der Waals surface area contributed by atoms with Gasteiger partial charge in [0.2, 0.25) is 0 Å². The molecule has 0 amide bonds. The molecule has 11 heteroatoms. The number of imidazole rings is 1. The normalized spacial score (nSPS) is 28.5. The molecule has 2 saturated heterocycles. The van der Waals surface area contributed by atoms with Crippen LogP contribution >= 0.6 is 0 Å². The smallest absolute Gasteiger partial charge is 0.167 e. The van der Waals surface area contributed by atoms with Crippen LogP contribution in [0.3, 0.4) is 0 Å². The van der Waals surface area contributed by atoms with E-state index in [9.17, 15) is 15.3 Å². The van der Waals surface area contributed by atoms with Gasteiger partial charge in [0.25, 0.3) is 0 Å². The third-order valence-corrected chi connectivity index (χ3v) is 5.90. The minimum Gasteiger partial charge on any atom is -0.394 e. The van der Waals surface area contributed by atoms with Gasteiger partial charge >= 0.3 is 0 Å². The van der Waals surface area contributed by atoms with Gasteiger partial charge in [-0.3, -0.25) is 4.57 Å². The summed E-state index contributed by atoms with van der Waals surface area (Å²) in [5.41, 5.74) is 2.15. The molecule has 2 fully saturated rings. The number of anilines is 2. The molecule has 0 saturated carbocycles. The second kappa shape index (κ2) is 8.00. The molecule has 11 nitrogen and oxygen atoms in total. The number of hydrogen-bond donors (Lipinski definition) is 4. The number of aryl methyl sites for hydroxylation is 1. The van der Waals surface area contributed by atoms with Crippen molar-refractivity contribution in [3.05, 3.63) is 36.5 Å². The third-order valence-electron chi connectivity index (χ3n) is 5.90. The van der Waals surface area contributed by atoms with Crippen LogP contribution in [0.5, 0.6) is 0 Å². The fourth-order valence-electron chi connectivity index (χ4n) is 4.18. The Morgan fingerprint density at radius 2 is 2.03 bits per heavy atom. The van der Waals surface area contributed by atoms with Crippen molar-refractivity contribution in [2.45, 2.75) is 43.9 Å². The van der Waals surface area contributed by atoms with Crippen molar-refractivity contribution in [2.75, 3.05) is 29.9 Å². The molecule has 0 spiro atoms. The van der Waals surface area contributed by atoms with Crippen molar-refractivity contribution < 1.29 is 20.1 Å². The number of aliphatic hydroxyl groups is 3. The number of ether oxygens (including phenoxy) is 1. The van der Waals surface area contributed by atoms with Crippen molar-refractivity contribution in [1.82, 2.24) is 24.5 Å². The maximum Gasteiger partial charge on any atom is 0.167 e. The van der Waals surface area contributed by atoms with Crippen LogP contribution in [-0.2, 0) is 4.74 Å². The molecule has 0 radical (unpaired) electrons. The standard InChI is InChI=1S/C20H25N7O4/c1-11-2-3-14(21-6-11)26-5-4-12(7-26)25-18-15-19(23-9-22-18)27(10-24-15)20-17(30)16(29)13(8-28)31-20/h2-3,6,9-10,12-13,16-17,20,28-30H,4-5,7-8H2,1H3,(H,22,23,25)/t12-,13+,16-,17-,20+/m0/s1. The zero-order chi connectivity index (χ0) is 21.5. The Kier molecular flexibility index (Phi) is 5.18. The monoisotopic (exact) mass is 427 g/mol. The Morgan fingerprint density at radius 3 is 2.77 bits per heavy atom. The summed E-state index contributed by atoms with van der Waals surface area (Å²) in [6.07, 6.45) is 1.58. The Morgan fingerprint density at radius 1 is 1.16 bits per heavy atom. The van der Waals surface area contributed by atoms with Crippen LogP contribution in [0.1, 0.15) is 18.2 Å². The molecule has 0 aromatic carbocycles. The van der Waals surface area contributed by atoms with Crippen molar-refractivity contribution in [1.29, 1.82) is 0 Å². The van der Waals surface area contributed by atoms with Gasteiger partial charge in [0.1, 0.15) is 30.5 Å². The average Bonchev–Trinajstić information content (AvgIpc) is 3.48. The first-order chi connectivity index (χ1) is 15.0. The van der Waals surface area contributed by atoms with Gasteiger partial charge < -0.3 is 30.3 Å². The summed E-state index contributed by atoms with van der Waals surface area (Å²) in [7, 11) is 0. The van der Waals surface area contributed by atoms with E-state index in [0.717, 1.165) is 30.9 Å². The molecule has 0 bridgehead atoms. The molecule has 5 heterocycles. The summed E-state index contributed by atoms with van der Waals surface area (Å²) in [5, 5.41) is 33.2. The first-order valence-electron chi connectivity index (χ1n) is 10.3. The number of pyridine rings is 1. The van der Waals surface area contributed by atoms with E-state index in [1.54, 1.807) is 4.57 Å². The van der Waals surface area contributed by atoms with E-state index in [4.69, 9.17) is 4.74 Å². The Hall–Kier alpha value is -2.86. The lowest BCUT2D eigenvalue weighted by Crippen LogP contribution is -2.33. The van der Waals surface area contributed by atoms with Crippen molar-refractivity contribution in [3.63, 3.8) is 0 Å². The highest BCUT2D eigenvalue weighted by Gasteiger charge is 2.44. The molecule has 3 aromatic heterocycles. The van der Waals surface area contributed by atoms with Gasteiger partial charge in [-0.2, -0.15) is 0 Å². The highest BCUT2D eigenvalue weighted by molar-refractivity contribution is 5.83. The zero-order valence-electron chi connectivity index (χ0n) is 17.0. The second-order valence-electron chi connectivity index (χ2n) is 8.04. The van der Waals surface area contributed by atoms with E-state index in [-0.39, 0.29) is 6.04 Å². The minimum atomic E-state index is -1.20. The topological polar surface area (TPSA) is 142 Å². The summed E-state index contributed by atoms with van der Waals surface area (Å²) in [4.78, 5) is 19.8. The van der Waals surface area contributed by atoms with Gasteiger partial charge in [-0.25, -0.2) is 19.9 Å². The first-order valence-corrected chi connectivity index (χ1v) is 10.3. The minimum absolute atomic E-state index is 0.167. The molecule has 2 aliphatic heterocycles. The predicted molar refractivity (Wildman–Crippen MR) is 112 cm³/mol. The molecule has 5 rings (SSSR count). The SMILES string of the molecule is Cc1ccc(N2CC[C@H](Nc3ncnc4c3ncn4[C@@H]3O[C@H](CO)[C@H](O)[C@@H]3O)C2)nc1. The van der Waals surface area contributed by atoms with Crippen molar-refractivity contribution >= 4 is 22.8 Å². The second-order valence-corrected chi connectivity index (χ2v) is 8.04. The van der Waals surface area contributed by atoms with Gasteiger partial charge in [0, 0.05) is 25.3 Å². The predicted octanol–water partition coefficient (Wildman–Crippen LogP) is -0.168. The number of hydrogen-bond acceptors (Lipinski definition) is 10.